The van der Waals surface area contributed by atoms with Crippen LogP contribution in [0.5, 0.6) is 11.8 Å². The van der Waals surface area contributed by atoms with Crippen molar-refractivity contribution in [2.75, 3.05) is 88.4 Å². The first-order valence-electron chi connectivity index (χ1n) is 26.3. The fourth-order valence-corrected chi connectivity index (χ4v) is 13.1. The normalized spacial score (nSPS) is 23.3. The molecular weight excluding hydrogens is 947 g/mol. The van der Waals surface area contributed by atoms with Crippen LogP contribution in [0.3, 0.4) is 0 Å². The maximum absolute atomic E-state index is 17.2. The van der Waals surface area contributed by atoms with Gasteiger partial charge < -0.3 is 34.8 Å². The third kappa shape index (κ3) is 9.54. The van der Waals surface area contributed by atoms with Crippen molar-refractivity contribution in [3.05, 3.63) is 76.7 Å². The lowest BCUT2D eigenvalue weighted by Gasteiger charge is -2.47. The molecular formula is C56H62ClFN10O5. The molecule has 5 aromatic rings. The highest BCUT2D eigenvalue weighted by Crippen LogP contribution is 2.49. The minimum Gasteiger partial charge on any atom is -0.508 e. The highest BCUT2D eigenvalue weighted by atomic mass is 35.5. The van der Waals surface area contributed by atoms with E-state index in [1.165, 1.54) is 36.6 Å². The molecule has 3 N–H and O–H groups in total. The molecule has 7 aliphatic rings. The van der Waals surface area contributed by atoms with E-state index in [-0.39, 0.29) is 58.6 Å². The number of piperazine rings is 2. The molecule has 5 saturated heterocycles. The van der Waals surface area contributed by atoms with Gasteiger partial charge in [0.1, 0.15) is 22.8 Å². The second kappa shape index (κ2) is 19.3. The number of carbonyl (C=O) groups is 3. The van der Waals surface area contributed by atoms with E-state index in [0.29, 0.717) is 87.1 Å². The molecule has 2 bridgehead atoms. The fourth-order valence-electron chi connectivity index (χ4n) is 12.9. The number of likely N-dealkylation sites (tertiary alicyclic amines) is 1. The number of aromatic nitrogens is 3. The molecule has 2 atom stereocenters. The monoisotopic (exact) mass is 1010 g/mol. The van der Waals surface area contributed by atoms with Crippen LogP contribution in [-0.4, -0.2) is 143 Å². The average molecular weight is 1010 g/mol. The van der Waals surface area contributed by atoms with Gasteiger partial charge in [-0.1, -0.05) is 29.7 Å². The average Bonchev–Trinajstić information content (AvgIpc) is 4.08. The summed E-state index contributed by atoms with van der Waals surface area (Å²) in [6.45, 7) is 9.77. The molecule has 2 unspecified atom stereocenters. The van der Waals surface area contributed by atoms with Crippen molar-refractivity contribution in [1.29, 1.82) is 0 Å². The molecule has 380 valence electrons. The van der Waals surface area contributed by atoms with E-state index in [1.807, 2.05) is 17.0 Å². The lowest BCUT2D eigenvalue weighted by molar-refractivity contribution is -0.120. The number of phenols is 1. The highest BCUT2D eigenvalue weighted by Gasteiger charge is 2.46. The highest BCUT2D eigenvalue weighted by molar-refractivity contribution is 6.34. The van der Waals surface area contributed by atoms with Gasteiger partial charge in [-0.2, -0.15) is 9.97 Å². The summed E-state index contributed by atoms with van der Waals surface area (Å²) < 4.78 is 23.7. The quantitative estimate of drug-likeness (QED) is 0.112. The molecule has 1 spiro atoms. The van der Waals surface area contributed by atoms with Crippen molar-refractivity contribution in [1.82, 2.24) is 40.3 Å². The zero-order chi connectivity index (χ0) is 50.0. The van der Waals surface area contributed by atoms with Crippen LogP contribution >= 0.6 is 11.6 Å². The summed E-state index contributed by atoms with van der Waals surface area (Å²) in [6.07, 6.45) is 18.9. The van der Waals surface area contributed by atoms with Gasteiger partial charge >= 0.3 is 12.0 Å². The van der Waals surface area contributed by atoms with E-state index in [1.54, 1.807) is 36.5 Å². The Labute approximate surface area is 429 Å². The molecule has 0 radical (unpaired) electrons. The van der Waals surface area contributed by atoms with Gasteiger partial charge in [0, 0.05) is 124 Å². The molecule has 12 rings (SSSR count). The summed E-state index contributed by atoms with van der Waals surface area (Å²) in [7, 11) is 0. The second-order valence-electron chi connectivity index (χ2n) is 22.1. The summed E-state index contributed by atoms with van der Waals surface area (Å²) in [4.78, 5) is 63.3. The Morgan fingerprint density at radius 3 is 2.38 bits per heavy atom. The Kier molecular flexibility index (Phi) is 12.7. The lowest BCUT2D eigenvalue weighted by atomic mass is 9.65. The SMILES string of the molecule is C#Cc1cccc2cc(O)cc(-c3ncc4c(N5CC6CCC(C5)N6)nc(OCC5(CN6CCN(CC7CCC8(CC7)CCN(C(=O)c7ccc(Cl)c(N9CCC(=O)NC9=O)c7)CC8)CC6)CC5)nc4c3F)c12. The number of hydrogen-bond acceptors (Lipinski definition) is 12. The van der Waals surface area contributed by atoms with Crippen LogP contribution in [0.2, 0.25) is 5.02 Å². The van der Waals surface area contributed by atoms with Crippen molar-refractivity contribution in [3.8, 4) is 35.4 Å². The van der Waals surface area contributed by atoms with E-state index in [9.17, 15) is 19.5 Å². The number of ether oxygens (including phenoxy) is 1. The van der Waals surface area contributed by atoms with E-state index in [0.717, 1.165) is 90.9 Å². The number of nitrogens with one attached hydrogen (secondary N) is 2. The first kappa shape index (κ1) is 47.9. The number of nitrogens with zero attached hydrogens (tertiary/aromatic N) is 8. The summed E-state index contributed by atoms with van der Waals surface area (Å²) >= 11 is 6.47. The van der Waals surface area contributed by atoms with E-state index < -0.39 is 11.8 Å². The van der Waals surface area contributed by atoms with Crippen molar-refractivity contribution in [2.45, 2.75) is 82.7 Å². The number of pyridine rings is 1. The number of aromatic hydroxyl groups is 1. The number of terminal acetylenes is 1. The van der Waals surface area contributed by atoms with Gasteiger partial charge in [-0.3, -0.25) is 24.8 Å². The number of phenolic OH excluding ortho intramolecular Hbond substituents is 1. The molecule has 2 aromatic heterocycles. The van der Waals surface area contributed by atoms with Crippen LogP contribution in [0.25, 0.3) is 32.9 Å². The van der Waals surface area contributed by atoms with Crippen LogP contribution in [0.4, 0.5) is 20.7 Å². The number of hydrogen-bond donors (Lipinski definition) is 3. The summed E-state index contributed by atoms with van der Waals surface area (Å²) in [6, 6.07) is 14.0. The molecule has 73 heavy (non-hydrogen) atoms. The van der Waals surface area contributed by atoms with Gasteiger partial charge in [-0.05, 0) is 117 Å². The maximum Gasteiger partial charge on any atom is 0.328 e. The number of halogens is 2. The van der Waals surface area contributed by atoms with E-state index in [4.69, 9.17) is 32.7 Å². The van der Waals surface area contributed by atoms with Crippen molar-refractivity contribution < 1.29 is 28.6 Å². The number of imide groups is 1. The molecule has 17 heteroatoms. The fraction of sp³-hybridized carbons (Fsp3) is 0.500. The van der Waals surface area contributed by atoms with Crippen molar-refractivity contribution >= 4 is 62.6 Å². The van der Waals surface area contributed by atoms with E-state index in [2.05, 4.69) is 36.2 Å². The van der Waals surface area contributed by atoms with Crippen LogP contribution < -0.4 is 25.2 Å². The minimum absolute atomic E-state index is 0.00752. The van der Waals surface area contributed by atoms with Gasteiger partial charge in [-0.25, -0.2) is 9.18 Å². The van der Waals surface area contributed by atoms with Crippen LogP contribution in [0, 0.1) is 34.9 Å². The van der Waals surface area contributed by atoms with Crippen molar-refractivity contribution in [3.63, 3.8) is 0 Å². The minimum atomic E-state index is -0.608. The predicted molar refractivity (Wildman–Crippen MR) is 279 cm³/mol. The first-order valence-corrected chi connectivity index (χ1v) is 26.7. The van der Waals surface area contributed by atoms with Crippen LogP contribution in [0.1, 0.15) is 86.6 Å². The number of urea groups is 1. The Morgan fingerprint density at radius 2 is 1.66 bits per heavy atom. The molecule has 5 aliphatic heterocycles. The maximum atomic E-state index is 17.2. The van der Waals surface area contributed by atoms with Gasteiger partial charge in [0.25, 0.3) is 5.91 Å². The molecule has 15 nitrogen and oxygen atoms in total. The molecule has 2 aliphatic carbocycles. The summed E-state index contributed by atoms with van der Waals surface area (Å²) in [5, 5.41) is 19.0. The molecule has 4 amide bonds. The number of fused-ring (bicyclic) bond motifs is 4. The zero-order valence-electron chi connectivity index (χ0n) is 41.2. The number of carbonyl (C=O) groups excluding carboxylic acids is 3. The summed E-state index contributed by atoms with van der Waals surface area (Å²) in [5.74, 6) is 3.04. The number of amides is 4. The third-order valence-electron chi connectivity index (χ3n) is 17.4. The summed E-state index contributed by atoms with van der Waals surface area (Å²) in [5.41, 5.74) is 2.40. The topological polar surface area (TPSA) is 160 Å². The Hall–Kier alpha value is -6.12. The molecule has 7 fully saturated rings. The smallest absolute Gasteiger partial charge is 0.328 e. The van der Waals surface area contributed by atoms with Gasteiger partial charge in [0.15, 0.2) is 5.82 Å². The number of piperidine rings is 1. The zero-order valence-corrected chi connectivity index (χ0v) is 41.9. The van der Waals surface area contributed by atoms with Crippen LogP contribution in [-0.2, 0) is 4.79 Å². The van der Waals surface area contributed by atoms with Crippen molar-refractivity contribution in [2.24, 2.45) is 16.7 Å². The third-order valence-corrected chi connectivity index (χ3v) is 17.7. The van der Waals surface area contributed by atoms with Crippen LogP contribution in [0.15, 0.2) is 54.7 Å². The predicted octanol–water partition coefficient (Wildman–Crippen LogP) is 7.60. The number of anilines is 2. The first-order chi connectivity index (χ1) is 35.4. The van der Waals surface area contributed by atoms with Gasteiger partial charge in [0.2, 0.25) is 5.91 Å². The Morgan fingerprint density at radius 1 is 0.904 bits per heavy atom. The van der Waals surface area contributed by atoms with E-state index >= 15 is 4.39 Å². The lowest BCUT2D eigenvalue weighted by Crippen LogP contribution is -2.51. The molecule has 3 aromatic carbocycles. The number of rotatable bonds is 11. The molecule has 7 heterocycles. The number of benzene rings is 3. The Balaban J connectivity index is 0.652. The van der Waals surface area contributed by atoms with Gasteiger partial charge in [-0.15, -0.1) is 6.42 Å². The Bertz CT molecular complexity index is 3030. The van der Waals surface area contributed by atoms with Gasteiger partial charge in [0.05, 0.1) is 22.7 Å². The standard InChI is InChI=1S/C56H62ClFN10O5/c1-2-36-4-3-5-37-26-41(69)28-42(47(36)37)49-48(58)50-43(29-59-49)51(67-31-39-7-8-40(32-67)60-39)63-53(62-50)73-34-56(15-16-56)33-65-24-22-64(23-25-65)30-35-10-13-55(14-11-35)17-20-66(21-18-55)52(71)38-6-9-44(57)45(27-38)68-19-12-46(70)61-54(68)72/h1,3-6,9,26-29,35,39-40,60,69H,7-8,10-25,30-34H2,(H,61,70,72). The second-order valence-corrected chi connectivity index (χ2v) is 22.5. The molecule has 2 saturated carbocycles. The largest absolute Gasteiger partial charge is 0.508 e.